The molecule has 1 saturated heterocycles. The highest BCUT2D eigenvalue weighted by Crippen LogP contribution is 2.28. The molecule has 0 radical (unpaired) electrons. The average molecular weight is 507 g/mol. The molecule has 0 bridgehead atoms. The van der Waals surface area contributed by atoms with Gasteiger partial charge in [0.05, 0.1) is 19.3 Å². The number of halogens is 2. The lowest BCUT2D eigenvalue weighted by Crippen LogP contribution is -2.45. The molecule has 2 aliphatic rings. The number of hydrogen-bond acceptors (Lipinski definition) is 5. The lowest BCUT2D eigenvalue weighted by atomic mass is 10.3. The topological polar surface area (TPSA) is 82.0 Å². The van der Waals surface area contributed by atoms with Crippen molar-refractivity contribution in [1.29, 1.82) is 0 Å². The fourth-order valence-electron chi connectivity index (χ4n) is 3.10. The van der Waals surface area contributed by atoms with E-state index in [-0.39, 0.29) is 42.4 Å². The monoisotopic (exact) mass is 507 g/mol. The molecule has 3 rings (SSSR count). The summed E-state index contributed by atoms with van der Waals surface area (Å²) in [6.07, 6.45) is 4.35. The first-order valence-corrected chi connectivity index (χ1v) is 9.81. The Labute approximate surface area is 183 Å². The van der Waals surface area contributed by atoms with Gasteiger partial charge in [-0.15, -0.1) is 24.0 Å². The molecule has 1 aromatic heterocycles. The van der Waals surface area contributed by atoms with E-state index in [1.54, 1.807) is 12.3 Å². The summed E-state index contributed by atoms with van der Waals surface area (Å²) < 4.78 is 19.4. The van der Waals surface area contributed by atoms with Crippen LogP contribution in [-0.2, 0) is 4.74 Å². The highest BCUT2D eigenvalue weighted by atomic mass is 127. The van der Waals surface area contributed by atoms with Gasteiger partial charge in [-0.1, -0.05) is 0 Å². The van der Waals surface area contributed by atoms with Gasteiger partial charge in [0.15, 0.2) is 17.6 Å². The van der Waals surface area contributed by atoms with Crippen molar-refractivity contribution in [2.24, 2.45) is 10.9 Å². The number of anilines is 1. The number of nitrogens with zero attached hydrogens (tertiary/aromatic N) is 3. The Hall–Kier alpha value is -1.20. The molecule has 28 heavy (non-hydrogen) atoms. The molecule has 2 atom stereocenters. The van der Waals surface area contributed by atoms with Gasteiger partial charge < -0.3 is 25.4 Å². The maximum atomic E-state index is 13.9. The number of pyridine rings is 1. The molecular formula is C19H31FIN5O2. The molecule has 158 valence electrons. The van der Waals surface area contributed by atoms with Crippen LogP contribution in [0.4, 0.5) is 10.2 Å². The van der Waals surface area contributed by atoms with E-state index < -0.39 is 6.10 Å². The van der Waals surface area contributed by atoms with Crippen molar-refractivity contribution in [3.8, 4) is 0 Å². The summed E-state index contributed by atoms with van der Waals surface area (Å²) in [5.41, 5.74) is 0. The van der Waals surface area contributed by atoms with Crippen molar-refractivity contribution in [3.63, 3.8) is 0 Å². The van der Waals surface area contributed by atoms with Crippen molar-refractivity contribution in [3.05, 3.63) is 24.1 Å². The number of aliphatic hydroxyl groups excluding tert-OH is 1. The molecule has 1 aromatic rings. The minimum Gasteiger partial charge on any atom is -0.389 e. The quantitative estimate of drug-likeness (QED) is 0.269. The van der Waals surface area contributed by atoms with Crippen molar-refractivity contribution >= 4 is 35.8 Å². The third kappa shape index (κ3) is 7.32. The molecule has 0 aromatic carbocycles. The molecule has 1 saturated carbocycles. The van der Waals surface area contributed by atoms with Crippen LogP contribution in [0.15, 0.2) is 23.3 Å². The zero-order valence-electron chi connectivity index (χ0n) is 16.3. The second-order valence-corrected chi connectivity index (χ2v) is 7.24. The van der Waals surface area contributed by atoms with Gasteiger partial charge in [0.25, 0.3) is 0 Å². The van der Waals surface area contributed by atoms with Gasteiger partial charge in [0.1, 0.15) is 0 Å². The number of aromatic nitrogens is 1. The van der Waals surface area contributed by atoms with Gasteiger partial charge in [0, 0.05) is 38.5 Å². The van der Waals surface area contributed by atoms with Gasteiger partial charge in [-0.2, -0.15) is 0 Å². The first kappa shape index (κ1) is 23.1. The minimum absolute atomic E-state index is 0. The molecule has 1 aliphatic carbocycles. The van der Waals surface area contributed by atoms with Crippen molar-refractivity contribution in [1.82, 2.24) is 15.6 Å². The number of nitrogens with one attached hydrogen (secondary N) is 2. The lowest BCUT2D eigenvalue weighted by molar-refractivity contribution is 0.0368. The van der Waals surface area contributed by atoms with E-state index in [4.69, 9.17) is 4.74 Å². The molecule has 2 fully saturated rings. The van der Waals surface area contributed by atoms with Crippen LogP contribution in [0, 0.1) is 11.7 Å². The maximum absolute atomic E-state index is 13.9. The maximum Gasteiger partial charge on any atom is 0.191 e. The van der Waals surface area contributed by atoms with Gasteiger partial charge >= 0.3 is 0 Å². The number of ether oxygens (including phenoxy) is 1. The summed E-state index contributed by atoms with van der Waals surface area (Å²) in [6, 6.07) is 3.18. The van der Waals surface area contributed by atoms with Crippen LogP contribution in [0.2, 0.25) is 0 Å². The summed E-state index contributed by atoms with van der Waals surface area (Å²) in [6.45, 7) is 5.46. The van der Waals surface area contributed by atoms with Crippen LogP contribution < -0.4 is 15.5 Å². The van der Waals surface area contributed by atoms with E-state index in [1.807, 2.05) is 11.8 Å². The van der Waals surface area contributed by atoms with Gasteiger partial charge in [0.2, 0.25) is 0 Å². The first-order chi connectivity index (χ1) is 13.2. The van der Waals surface area contributed by atoms with E-state index in [0.717, 1.165) is 26.1 Å². The SMILES string of the molecule is CCNC(=NCC(O)COCC1CC1)NC1CCN(c2ncccc2F)C1.I. The first-order valence-electron chi connectivity index (χ1n) is 9.81. The predicted molar refractivity (Wildman–Crippen MR) is 119 cm³/mol. The van der Waals surface area contributed by atoms with Crippen LogP contribution in [0.5, 0.6) is 0 Å². The Morgan fingerprint density at radius 2 is 2.29 bits per heavy atom. The smallest absolute Gasteiger partial charge is 0.191 e. The second-order valence-electron chi connectivity index (χ2n) is 7.24. The van der Waals surface area contributed by atoms with Gasteiger partial charge in [-0.05, 0) is 44.2 Å². The van der Waals surface area contributed by atoms with Crippen LogP contribution in [-0.4, -0.2) is 67.6 Å². The molecule has 1 aliphatic heterocycles. The standard InChI is InChI=1S/C19H30FN5O2.HI/c1-2-21-19(23-10-16(26)13-27-12-14-5-6-14)24-15-7-9-25(11-15)18-17(20)4-3-8-22-18;/h3-4,8,14-16,26H,2,5-7,9-13H2,1H3,(H2,21,23,24);1H. The normalized spacial score (nSPS) is 20.6. The predicted octanol–water partition coefficient (Wildman–Crippen LogP) is 1.76. The Bertz CT molecular complexity index is 632. The van der Waals surface area contributed by atoms with E-state index in [1.165, 1.54) is 18.9 Å². The fourth-order valence-corrected chi connectivity index (χ4v) is 3.10. The number of hydrogen-bond donors (Lipinski definition) is 3. The van der Waals surface area contributed by atoms with Gasteiger partial charge in [-0.25, -0.2) is 9.37 Å². The van der Waals surface area contributed by atoms with E-state index >= 15 is 0 Å². The Morgan fingerprint density at radius 3 is 3.00 bits per heavy atom. The number of aliphatic hydroxyl groups is 1. The van der Waals surface area contributed by atoms with Crippen LogP contribution >= 0.6 is 24.0 Å². The molecule has 0 spiro atoms. The summed E-state index contributed by atoms with van der Waals surface area (Å²) in [5, 5.41) is 16.6. The molecule has 0 amide bonds. The van der Waals surface area contributed by atoms with Crippen LogP contribution in [0.3, 0.4) is 0 Å². The summed E-state index contributed by atoms with van der Waals surface area (Å²) >= 11 is 0. The minimum atomic E-state index is -0.609. The fraction of sp³-hybridized carbons (Fsp3) is 0.684. The number of rotatable bonds is 9. The third-order valence-corrected chi connectivity index (χ3v) is 4.73. The molecule has 9 heteroatoms. The van der Waals surface area contributed by atoms with Crippen molar-refractivity contribution < 1.29 is 14.2 Å². The van der Waals surface area contributed by atoms with Gasteiger partial charge in [-0.3, -0.25) is 4.99 Å². The number of aliphatic imine (C=N–C) groups is 1. The Kier molecular flexibility index (Phi) is 9.66. The van der Waals surface area contributed by atoms with Crippen molar-refractivity contribution in [2.45, 2.75) is 38.3 Å². The van der Waals surface area contributed by atoms with Crippen LogP contribution in [0.1, 0.15) is 26.2 Å². The van der Waals surface area contributed by atoms with E-state index in [0.29, 0.717) is 30.8 Å². The summed E-state index contributed by atoms with van der Waals surface area (Å²) in [5.74, 6) is 1.45. The Balaban J connectivity index is 0.00000280. The van der Waals surface area contributed by atoms with E-state index in [9.17, 15) is 9.50 Å². The average Bonchev–Trinajstić information content (AvgIpc) is 3.37. The molecule has 2 unspecified atom stereocenters. The van der Waals surface area contributed by atoms with E-state index in [2.05, 4.69) is 20.6 Å². The highest BCUT2D eigenvalue weighted by molar-refractivity contribution is 14.0. The molecule has 3 N–H and O–H groups in total. The summed E-state index contributed by atoms with van der Waals surface area (Å²) in [4.78, 5) is 10.5. The largest absolute Gasteiger partial charge is 0.389 e. The van der Waals surface area contributed by atoms with Crippen molar-refractivity contribution in [2.75, 3.05) is 44.3 Å². The third-order valence-electron chi connectivity index (χ3n) is 4.73. The van der Waals surface area contributed by atoms with Crippen LogP contribution in [0.25, 0.3) is 0 Å². The zero-order chi connectivity index (χ0) is 19.1. The highest BCUT2D eigenvalue weighted by Gasteiger charge is 2.26. The summed E-state index contributed by atoms with van der Waals surface area (Å²) in [7, 11) is 0. The second kappa shape index (κ2) is 11.7. The molecule has 2 heterocycles. The molecular weight excluding hydrogens is 476 g/mol. The number of guanidine groups is 1. The lowest BCUT2D eigenvalue weighted by Gasteiger charge is -2.20. The molecule has 7 nitrogen and oxygen atoms in total. The Morgan fingerprint density at radius 1 is 1.46 bits per heavy atom. The zero-order valence-corrected chi connectivity index (χ0v) is 18.6.